The molecular weight excluding hydrogens is 256 g/mol. The highest BCUT2D eigenvalue weighted by atomic mass is 16.1. The summed E-state index contributed by atoms with van der Waals surface area (Å²) >= 11 is 0. The van der Waals surface area contributed by atoms with E-state index in [1.54, 1.807) is 0 Å². The van der Waals surface area contributed by atoms with Crippen LogP contribution >= 0.6 is 0 Å². The van der Waals surface area contributed by atoms with Crippen LogP contribution in [0.25, 0.3) is 0 Å². The summed E-state index contributed by atoms with van der Waals surface area (Å²) in [7, 11) is 0. The Morgan fingerprint density at radius 3 is 2.05 bits per heavy atom. The topological polar surface area (TPSA) is 17.1 Å². The van der Waals surface area contributed by atoms with Gasteiger partial charge in [0.25, 0.3) is 0 Å². The van der Waals surface area contributed by atoms with E-state index in [1.807, 2.05) is 6.07 Å². The van der Waals surface area contributed by atoms with E-state index in [-0.39, 0.29) is 0 Å². The average Bonchev–Trinajstić information content (AvgIpc) is 2.53. The van der Waals surface area contributed by atoms with Crippen LogP contribution in [0.1, 0.15) is 93.6 Å². The van der Waals surface area contributed by atoms with Gasteiger partial charge in [-0.1, -0.05) is 71.4 Å². The van der Waals surface area contributed by atoms with Crippen molar-refractivity contribution in [1.82, 2.24) is 0 Å². The van der Waals surface area contributed by atoms with Crippen LogP contribution < -0.4 is 0 Å². The van der Waals surface area contributed by atoms with Gasteiger partial charge >= 0.3 is 0 Å². The number of unbranched alkanes of at least 4 members (excludes halogenated alkanes) is 6. The highest BCUT2D eigenvalue weighted by molar-refractivity contribution is 5.96. The number of hydrogen-bond acceptors (Lipinski definition) is 1. The zero-order valence-corrected chi connectivity index (χ0v) is 14.2. The highest BCUT2D eigenvalue weighted by Gasteiger charge is 2.08. The number of aryl methyl sites for hydroxylation is 2. The molecular formula is C20H32O. The SMILES string of the molecule is CCCCCCCCCC(=O)c1ccc(CC)c(CC)c1. The molecule has 0 aliphatic carbocycles. The smallest absolute Gasteiger partial charge is 0.162 e. The molecule has 0 aromatic heterocycles. The summed E-state index contributed by atoms with van der Waals surface area (Å²) in [5, 5.41) is 0. The minimum Gasteiger partial charge on any atom is -0.294 e. The molecule has 0 amide bonds. The number of benzene rings is 1. The monoisotopic (exact) mass is 288 g/mol. The van der Waals surface area contributed by atoms with Gasteiger partial charge in [0.05, 0.1) is 0 Å². The van der Waals surface area contributed by atoms with Gasteiger partial charge in [0.2, 0.25) is 0 Å². The zero-order chi connectivity index (χ0) is 15.5. The summed E-state index contributed by atoms with van der Waals surface area (Å²) in [6.45, 7) is 6.58. The molecule has 1 heteroatoms. The van der Waals surface area contributed by atoms with Crippen molar-refractivity contribution < 1.29 is 4.79 Å². The van der Waals surface area contributed by atoms with Crippen LogP contribution in [0.4, 0.5) is 0 Å². The van der Waals surface area contributed by atoms with Gasteiger partial charge in [-0.25, -0.2) is 0 Å². The molecule has 1 aromatic rings. The maximum absolute atomic E-state index is 12.2. The molecule has 0 unspecified atom stereocenters. The van der Waals surface area contributed by atoms with Crippen LogP contribution in [-0.2, 0) is 12.8 Å². The largest absolute Gasteiger partial charge is 0.294 e. The van der Waals surface area contributed by atoms with Crippen LogP contribution in [0.2, 0.25) is 0 Å². The van der Waals surface area contributed by atoms with E-state index in [0.717, 1.165) is 24.8 Å². The molecule has 0 radical (unpaired) electrons. The van der Waals surface area contributed by atoms with E-state index in [1.165, 1.54) is 49.7 Å². The van der Waals surface area contributed by atoms with Crippen LogP contribution in [0.5, 0.6) is 0 Å². The lowest BCUT2D eigenvalue weighted by Crippen LogP contribution is -2.02. The first-order chi connectivity index (χ1) is 10.2. The van der Waals surface area contributed by atoms with Gasteiger partial charge < -0.3 is 0 Å². The molecule has 0 atom stereocenters. The average molecular weight is 288 g/mol. The highest BCUT2D eigenvalue weighted by Crippen LogP contribution is 2.16. The predicted molar refractivity (Wildman–Crippen MR) is 92.1 cm³/mol. The van der Waals surface area contributed by atoms with E-state index < -0.39 is 0 Å². The standard InChI is InChI=1S/C20H32O/c1-4-7-8-9-10-11-12-13-20(21)19-15-14-17(5-2)18(6-3)16-19/h14-16H,4-13H2,1-3H3. The Hall–Kier alpha value is -1.11. The molecule has 0 N–H and O–H groups in total. The lowest BCUT2D eigenvalue weighted by Gasteiger charge is -2.08. The van der Waals surface area contributed by atoms with Gasteiger partial charge in [0.15, 0.2) is 5.78 Å². The van der Waals surface area contributed by atoms with Crippen molar-refractivity contribution >= 4 is 5.78 Å². The minimum absolute atomic E-state index is 0.320. The molecule has 1 aromatic carbocycles. The molecule has 1 rings (SSSR count). The molecule has 0 aliphatic heterocycles. The molecule has 0 aliphatic rings. The molecule has 0 saturated heterocycles. The Labute approximate surface area is 131 Å². The second-order valence-electron chi connectivity index (χ2n) is 5.99. The van der Waals surface area contributed by atoms with E-state index >= 15 is 0 Å². The fourth-order valence-corrected chi connectivity index (χ4v) is 2.86. The van der Waals surface area contributed by atoms with Crippen LogP contribution in [-0.4, -0.2) is 5.78 Å². The summed E-state index contributed by atoms with van der Waals surface area (Å²) in [6, 6.07) is 6.26. The maximum Gasteiger partial charge on any atom is 0.162 e. The molecule has 0 fully saturated rings. The Balaban J connectivity index is 2.35. The quantitative estimate of drug-likeness (QED) is 0.353. The van der Waals surface area contributed by atoms with Crippen molar-refractivity contribution in [2.24, 2.45) is 0 Å². The normalized spacial score (nSPS) is 10.8. The Morgan fingerprint density at radius 1 is 0.810 bits per heavy atom. The number of carbonyl (C=O) groups is 1. The van der Waals surface area contributed by atoms with Crippen molar-refractivity contribution in [1.29, 1.82) is 0 Å². The summed E-state index contributed by atoms with van der Waals surface area (Å²) in [5.74, 6) is 0.320. The first-order valence-corrected chi connectivity index (χ1v) is 8.87. The molecule has 21 heavy (non-hydrogen) atoms. The van der Waals surface area contributed by atoms with Gasteiger partial charge in [0.1, 0.15) is 0 Å². The fraction of sp³-hybridized carbons (Fsp3) is 0.650. The van der Waals surface area contributed by atoms with Crippen molar-refractivity contribution in [2.45, 2.75) is 85.0 Å². The number of hydrogen-bond donors (Lipinski definition) is 0. The zero-order valence-electron chi connectivity index (χ0n) is 14.2. The minimum atomic E-state index is 0.320. The van der Waals surface area contributed by atoms with Crippen molar-refractivity contribution in [3.63, 3.8) is 0 Å². The molecule has 118 valence electrons. The molecule has 0 heterocycles. The van der Waals surface area contributed by atoms with Crippen molar-refractivity contribution in [2.75, 3.05) is 0 Å². The van der Waals surface area contributed by atoms with Gasteiger partial charge in [-0.05, 0) is 36.5 Å². The van der Waals surface area contributed by atoms with Gasteiger partial charge in [0, 0.05) is 12.0 Å². The summed E-state index contributed by atoms with van der Waals surface area (Å²) in [5.41, 5.74) is 3.63. The summed E-state index contributed by atoms with van der Waals surface area (Å²) in [4.78, 5) is 12.2. The van der Waals surface area contributed by atoms with Gasteiger partial charge in [-0.3, -0.25) is 4.79 Å². The number of ketones is 1. The molecule has 0 bridgehead atoms. The molecule has 1 nitrogen and oxygen atoms in total. The first kappa shape index (κ1) is 17.9. The lowest BCUT2D eigenvalue weighted by molar-refractivity contribution is 0.0979. The van der Waals surface area contributed by atoms with E-state index in [0.29, 0.717) is 12.2 Å². The molecule has 0 saturated carbocycles. The van der Waals surface area contributed by atoms with E-state index in [2.05, 4.69) is 32.9 Å². The Bertz CT molecular complexity index is 420. The van der Waals surface area contributed by atoms with Crippen LogP contribution in [0, 0.1) is 0 Å². The van der Waals surface area contributed by atoms with Crippen molar-refractivity contribution in [3.05, 3.63) is 34.9 Å². The predicted octanol–water partition coefficient (Wildman–Crippen LogP) is 6.13. The molecule has 0 spiro atoms. The maximum atomic E-state index is 12.2. The summed E-state index contributed by atoms with van der Waals surface area (Å²) in [6.07, 6.45) is 11.6. The number of Topliss-reactive ketones (excluding diaryl/α,β-unsaturated/α-hetero) is 1. The third kappa shape index (κ3) is 6.46. The Morgan fingerprint density at radius 2 is 1.43 bits per heavy atom. The third-order valence-electron chi connectivity index (χ3n) is 4.30. The number of rotatable bonds is 11. The third-order valence-corrected chi connectivity index (χ3v) is 4.30. The van der Waals surface area contributed by atoms with E-state index in [4.69, 9.17) is 0 Å². The Kier molecular flexibility index (Phi) is 9.05. The second-order valence-corrected chi connectivity index (χ2v) is 5.99. The lowest BCUT2D eigenvalue weighted by atomic mass is 9.96. The van der Waals surface area contributed by atoms with Gasteiger partial charge in [-0.2, -0.15) is 0 Å². The fourth-order valence-electron chi connectivity index (χ4n) is 2.86. The summed E-state index contributed by atoms with van der Waals surface area (Å²) < 4.78 is 0. The van der Waals surface area contributed by atoms with Crippen molar-refractivity contribution in [3.8, 4) is 0 Å². The first-order valence-electron chi connectivity index (χ1n) is 8.87. The van der Waals surface area contributed by atoms with E-state index in [9.17, 15) is 4.79 Å². The number of carbonyl (C=O) groups excluding carboxylic acids is 1. The van der Waals surface area contributed by atoms with Crippen LogP contribution in [0.15, 0.2) is 18.2 Å². The van der Waals surface area contributed by atoms with Crippen LogP contribution in [0.3, 0.4) is 0 Å². The second kappa shape index (κ2) is 10.6. The van der Waals surface area contributed by atoms with Gasteiger partial charge in [-0.15, -0.1) is 0 Å².